The quantitative estimate of drug-likeness (QED) is 0.202. The molecule has 10 nitrogen and oxygen atoms in total. The van der Waals surface area contributed by atoms with Crippen LogP contribution in [0.4, 0.5) is 10.2 Å². The number of aromatic nitrogens is 5. The summed E-state index contributed by atoms with van der Waals surface area (Å²) >= 11 is 0. The number of carbonyl (C=O) groups is 1. The second-order valence-corrected chi connectivity index (χ2v) is 14.7. The van der Waals surface area contributed by atoms with Gasteiger partial charge in [-0.05, 0) is 94.5 Å². The Morgan fingerprint density at radius 2 is 1.78 bits per heavy atom. The van der Waals surface area contributed by atoms with Crippen LogP contribution in [0.3, 0.4) is 0 Å². The average molecular weight is 643 g/mol. The zero-order valence-electron chi connectivity index (χ0n) is 25.7. The molecule has 9 rings (SSSR count). The number of anilines is 1. The lowest BCUT2D eigenvalue weighted by atomic mass is 9.61. The number of benzene rings is 1. The molecule has 4 aliphatic rings. The summed E-state index contributed by atoms with van der Waals surface area (Å²) in [5.74, 6) is 0.602. The van der Waals surface area contributed by atoms with Crippen molar-refractivity contribution in [2.24, 2.45) is 17.8 Å². The Hall–Kier alpha value is -4.32. The standard InChI is InChI=1S/C34H35FN6O4S/c1-3-45-34(42)29-21-8-10-22(11-9-21)30(29)37-32-28-15-14-27(20-6-7-20)41(28)39-31(38-32)26-18-40(33-25(26)16-23(35)17-36-33)46(43,44)24-12-4-19(2)5-13-24/h4-5,12-18,20-22,29-30H,3,6-11H2,1-2H3,(H,37,38,39)/t21?,22?,29-,30-/m1/s1. The lowest BCUT2D eigenvalue weighted by molar-refractivity contribution is -0.154. The molecule has 4 saturated carbocycles. The minimum Gasteiger partial charge on any atom is -0.466 e. The van der Waals surface area contributed by atoms with Gasteiger partial charge in [0.25, 0.3) is 10.0 Å². The van der Waals surface area contributed by atoms with Crippen molar-refractivity contribution >= 4 is 38.4 Å². The Morgan fingerprint density at radius 1 is 1.04 bits per heavy atom. The molecule has 5 aromatic rings. The van der Waals surface area contributed by atoms with E-state index in [-0.39, 0.29) is 51.5 Å². The third-order valence-electron chi connectivity index (χ3n) is 10.0. The Morgan fingerprint density at radius 3 is 2.50 bits per heavy atom. The van der Waals surface area contributed by atoms with Crippen molar-refractivity contribution in [3.63, 3.8) is 0 Å². The number of fused-ring (bicyclic) bond motifs is 5. The van der Waals surface area contributed by atoms with Crippen LogP contribution in [0.5, 0.6) is 0 Å². The molecule has 0 radical (unpaired) electrons. The van der Waals surface area contributed by atoms with E-state index in [1.54, 1.807) is 24.3 Å². The zero-order valence-corrected chi connectivity index (χ0v) is 26.5. The van der Waals surface area contributed by atoms with Crippen molar-refractivity contribution in [3.05, 3.63) is 71.9 Å². The Bertz CT molecular complexity index is 2100. The molecule has 0 saturated heterocycles. The normalized spacial score (nSPS) is 22.8. The first-order chi connectivity index (χ1) is 22.2. The van der Waals surface area contributed by atoms with Gasteiger partial charge in [-0.2, -0.15) is 0 Å². The third-order valence-corrected chi connectivity index (χ3v) is 11.7. The van der Waals surface area contributed by atoms with Crippen LogP contribution in [-0.2, 0) is 19.6 Å². The van der Waals surface area contributed by atoms with Gasteiger partial charge in [-0.3, -0.25) is 4.79 Å². The second-order valence-electron chi connectivity index (χ2n) is 12.9. The minimum atomic E-state index is -4.08. The smallest absolute Gasteiger partial charge is 0.311 e. The molecule has 1 N–H and O–H groups in total. The van der Waals surface area contributed by atoms with Crippen molar-refractivity contribution in [2.45, 2.75) is 69.2 Å². The largest absolute Gasteiger partial charge is 0.466 e. The molecular weight excluding hydrogens is 607 g/mol. The van der Waals surface area contributed by atoms with E-state index >= 15 is 0 Å². The highest BCUT2D eigenvalue weighted by molar-refractivity contribution is 7.90. The molecule has 0 amide bonds. The van der Waals surface area contributed by atoms with Crippen molar-refractivity contribution < 1.29 is 22.3 Å². The Labute approximate surface area is 266 Å². The van der Waals surface area contributed by atoms with E-state index in [1.807, 2.05) is 24.4 Å². The van der Waals surface area contributed by atoms with Gasteiger partial charge in [-0.1, -0.05) is 17.7 Å². The Kier molecular flexibility index (Phi) is 6.89. The third kappa shape index (κ3) is 4.76. The van der Waals surface area contributed by atoms with Crippen LogP contribution in [0.25, 0.3) is 27.9 Å². The van der Waals surface area contributed by atoms with Gasteiger partial charge in [0.1, 0.15) is 11.3 Å². The van der Waals surface area contributed by atoms with Crippen LogP contribution in [-0.4, -0.2) is 50.6 Å². The first-order valence-electron chi connectivity index (χ1n) is 16.0. The van der Waals surface area contributed by atoms with Gasteiger partial charge in [0.2, 0.25) is 0 Å². The van der Waals surface area contributed by atoms with E-state index in [0.717, 1.165) is 65.5 Å². The number of esters is 1. The molecule has 46 heavy (non-hydrogen) atoms. The molecule has 4 aromatic heterocycles. The Balaban J connectivity index is 1.30. The number of nitrogens with zero attached hydrogens (tertiary/aromatic N) is 5. The van der Waals surface area contributed by atoms with Crippen LogP contribution in [0.2, 0.25) is 0 Å². The van der Waals surface area contributed by atoms with E-state index in [0.29, 0.717) is 23.9 Å². The molecule has 0 unspecified atom stereocenters. The van der Waals surface area contributed by atoms with Gasteiger partial charge in [0, 0.05) is 34.8 Å². The fourth-order valence-corrected chi connectivity index (χ4v) is 8.88. The fourth-order valence-electron chi connectivity index (χ4n) is 7.56. The number of carbonyl (C=O) groups excluding carboxylic acids is 1. The molecule has 0 aliphatic heterocycles. The van der Waals surface area contributed by atoms with Crippen molar-refractivity contribution in [3.8, 4) is 11.4 Å². The van der Waals surface area contributed by atoms with E-state index < -0.39 is 15.8 Å². The first-order valence-corrected chi connectivity index (χ1v) is 17.5. The molecule has 0 spiro atoms. The van der Waals surface area contributed by atoms with Crippen LogP contribution in [0.1, 0.15) is 62.6 Å². The van der Waals surface area contributed by atoms with Crippen molar-refractivity contribution in [1.29, 1.82) is 0 Å². The van der Waals surface area contributed by atoms with Gasteiger partial charge in [-0.15, -0.1) is 5.10 Å². The number of nitrogens with one attached hydrogen (secondary N) is 1. The molecule has 4 heterocycles. The molecule has 4 aliphatic carbocycles. The van der Waals surface area contributed by atoms with Gasteiger partial charge < -0.3 is 10.1 Å². The number of halogens is 1. The van der Waals surface area contributed by atoms with Crippen molar-refractivity contribution in [1.82, 2.24) is 23.6 Å². The average Bonchev–Trinajstić information content (AvgIpc) is 3.68. The number of hydrogen-bond acceptors (Lipinski definition) is 8. The predicted molar refractivity (Wildman–Crippen MR) is 170 cm³/mol. The number of aryl methyl sites for hydroxylation is 1. The van der Waals surface area contributed by atoms with Crippen LogP contribution in [0, 0.1) is 30.5 Å². The summed E-state index contributed by atoms with van der Waals surface area (Å²) in [5, 5.41) is 8.87. The molecule has 12 heteroatoms. The summed E-state index contributed by atoms with van der Waals surface area (Å²) in [5.41, 5.74) is 3.15. The minimum absolute atomic E-state index is 0.0806. The number of pyridine rings is 1. The summed E-state index contributed by atoms with van der Waals surface area (Å²) in [6, 6.07) is 11.7. The van der Waals surface area contributed by atoms with E-state index in [1.165, 1.54) is 12.3 Å². The number of ether oxygens (including phenoxy) is 1. The molecule has 1 aromatic carbocycles. The summed E-state index contributed by atoms with van der Waals surface area (Å²) in [6.07, 6.45) is 8.59. The molecular formula is C34H35FN6O4S. The summed E-state index contributed by atoms with van der Waals surface area (Å²) in [4.78, 5) is 22.5. The van der Waals surface area contributed by atoms with E-state index in [4.69, 9.17) is 14.8 Å². The summed E-state index contributed by atoms with van der Waals surface area (Å²) in [6.45, 7) is 4.04. The monoisotopic (exact) mass is 642 g/mol. The van der Waals surface area contributed by atoms with Gasteiger partial charge in [-0.25, -0.2) is 31.3 Å². The van der Waals surface area contributed by atoms with Crippen LogP contribution >= 0.6 is 0 Å². The summed E-state index contributed by atoms with van der Waals surface area (Å²) in [7, 11) is -4.08. The van der Waals surface area contributed by atoms with Crippen molar-refractivity contribution in [2.75, 3.05) is 11.9 Å². The number of hydrogen-bond donors (Lipinski definition) is 1. The predicted octanol–water partition coefficient (Wildman–Crippen LogP) is 6.09. The fraction of sp³-hybridized carbons (Fsp3) is 0.412. The van der Waals surface area contributed by atoms with Crippen LogP contribution < -0.4 is 5.32 Å². The van der Waals surface area contributed by atoms with Gasteiger partial charge in [0.05, 0.1) is 23.6 Å². The molecule has 2 bridgehead atoms. The van der Waals surface area contributed by atoms with Gasteiger partial charge >= 0.3 is 5.97 Å². The maximum absolute atomic E-state index is 14.7. The first kappa shape index (κ1) is 29.1. The topological polar surface area (TPSA) is 120 Å². The van der Waals surface area contributed by atoms with Gasteiger partial charge in [0.15, 0.2) is 17.3 Å². The highest BCUT2D eigenvalue weighted by Crippen LogP contribution is 2.47. The molecule has 4 fully saturated rings. The maximum atomic E-state index is 14.7. The number of rotatable bonds is 8. The zero-order chi connectivity index (χ0) is 31.7. The highest BCUT2D eigenvalue weighted by atomic mass is 32.2. The second kappa shape index (κ2) is 10.9. The van der Waals surface area contributed by atoms with E-state index in [9.17, 15) is 17.6 Å². The molecule has 238 valence electrons. The van der Waals surface area contributed by atoms with Crippen LogP contribution in [0.15, 0.2) is 59.8 Å². The van der Waals surface area contributed by atoms with E-state index in [2.05, 4.69) is 16.4 Å². The maximum Gasteiger partial charge on any atom is 0.311 e. The highest BCUT2D eigenvalue weighted by Gasteiger charge is 2.48. The lowest BCUT2D eigenvalue weighted by Gasteiger charge is -2.47. The molecule has 2 atom stereocenters. The lowest BCUT2D eigenvalue weighted by Crippen LogP contribution is -2.52. The SMILES string of the molecule is CCOC(=O)[C@@H]1C2CCC(CC2)[C@H]1Nc1nc(-c2cn(S(=O)(=O)c3ccc(C)cc3)c3ncc(F)cc23)nn2c(C3CC3)ccc12. The summed E-state index contributed by atoms with van der Waals surface area (Å²) < 4.78 is 51.0.